The number of nitrogens with one attached hydrogen (secondary N) is 4. The van der Waals surface area contributed by atoms with Crippen LogP contribution in [0.1, 0.15) is 43.2 Å². The van der Waals surface area contributed by atoms with Gasteiger partial charge in [0.2, 0.25) is 11.8 Å². The molecule has 3 fully saturated rings. The van der Waals surface area contributed by atoms with Crippen LogP contribution in [0.3, 0.4) is 0 Å². The molecule has 3 saturated heterocycles. The highest BCUT2D eigenvalue weighted by Gasteiger charge is 2.43. The minimum atomic E-state index is -1.53. The SMILES string of the molecule is O=C(N[C@@H](CCCCN[C@@H]1O[C@H](CO)[C@H](O)[C@H](O)[C@H]1O)C(=O)N1CCN(c2ccncc2)CC1)[C@@H](Cc1cc(Br)c(O)c(Br)c1)NC(=O)N1CCC(N2Cc3ccccc3NC2=O)CC1. The van der Waals surface area contributed by atoms with Crippen LogP contribution in [0.25, 0.3) is 0 Å². The number of halogens is 2. The first-order valence-electron chi connectivity index (χ1n) is 22.0. The van der Waals surface area contributed by atoms with Crippen molar-refractivity contribution in [1.82, 2.24) is 35.6 Å². The molecule has 0 bridgehead atoms. The summed E-state index contributed by atoms with van der Waals surface area (Å²) in [5, 5.41) is 62.7. The van der Waals surface area contributed by atoms with Crippen LogP contribution in [0.2, 0.25) is 0 Å². The third-order valence-corrected chi connectivity index (χ3v) is 13.8. The van der Waals surface area contributed by atoms with Gasteiger partial charge in [0, 0.05) is 82.0 Å². The summed E-state index contributed by atoms with van der Waals surface area (Å²) in [5.74, 6) is -0.880. The summed E-state index contributed by atoms with van der Waals surface area (Å²) < 4.78 is 6.34. The van der Waals surface area contributed by atoms with Gasteiger partial charge in [0.25, 0.3) is 0 Å². The summed E-state index contributed by atoms with van der Waals surface area (Å²) in [7, 11) is 0. The topological polar surface area (TPSA) is 253 Å². The minimum Gasteiger partial charge on any atom is -0.506 e. The number of unbranched alkanes of at least 4 members (excludes halogenated alkanes) is 1. The summed E-state index contributed by atoms with van der Waals surface area (Å²) in [6.45, 7) is 2.81. The van der Waals surface area contributed by atoms with Crippen molar-refractivity contribution >= 4 is 67.1 Å². The number of likely N-dealkylation sites (tertiary alicyclic amines) is 1. The summed E-state index contributed by atoms with van der Waals surface area (Å²) in [6.07, 6.45) is -0.941. The quantitative estimate of drug-likeness (QED) is 0.0988. The maximum atomic E-state index is 14.5. The lowest BCUT2D eigenvalue weighted by Crippen LogP contribution is -2.62. The fourth-order valence-corrected chi connectivity index (χ4v) is 10.1. The average molecular weight is 1030 g/mol. The number of ether oxygens (including phenoxy) is 1. The first-order chi connectivity index (χ1) is 31.3. The minimum absolute atomic E-state index is 0.0212. The molecule has 6 amide bonds. The lowest BCUT2D eigenvalue weighted by atomic mass is 9.98. The van der Waals surface area contributed by atoms with E-state index in [4.69, 9.17) is 4.74 Å². The lowest BCUT2D eigenvalue weighted by Gasteiger charge is -2.40. The van der Waals surface area contributed by atoms with E-state index in [1.165, 1.54) is 0 Å². The second-order valence-electron chi connectivity index (χ2n) is 16.8. The van der Waals surface area contributed by atoms with Crippen LogP contribution < -0.4 is 26.2 Å². The summed E-state index contributed by atoms with van der Waals surface area (Å²) in [5.41, 5.74) is 3.41. The van der Waals surface area contributed by atoms with Crippen LogP contribution in [-0.4, -0.2) is 170 Å². The van der Waals surface area contributed by atoms with Gasteiger partial charge in [-0.3, -0.25) is 19.9 Å². The van der Waals surface area contributed by atoms with Crippen LogP contribution in [0.15, 0.2) is 69.9 Å². The maximum absolute atomic E-state index is 14.5. The first-order valence-corrected chi connectivity index (χ1v) is 23.6. The van der Waals surface area contributed by atoms with Crippen molar-refractivity contribution in [3.8, 4) is 5.75 Å². The number of piperazine rings is 1. The molecule has 352 valence electrons. The molecule has 7 atom stereocenters. The van der Waals surface area contributed by atoms with Gasteiger partial charge in [0.1, 0.15) is 48.5 Å². The number of hydrogen-bond acceptors (Lipinski definition) is 13. The highest BCUT2D eigenvalue weighted by atomic mass is 79.9. The zero-order chi connectivity index (χ0) is 46.2. The Morgan fingerprint density at radius 1 is 0.862 bits per heavy atom. The number of aliphatic hydroxyl groups excluding tert-OH is 4. The number of urea groups is 2. The molecule has 4 aliphatic rings. The molecule has 0 spiro atoms. The molecule has 9 N–H and O–H groups in total. The highest BCUT2D eigenvalue weighted by molar-refractivity contribution is 9.11. The average Bonchev–Trinajstić information content (AvgIpc) is 3.32. The number of rotatable bonds is 15. The number of fused-ring (bicyclic) bond motifs is 1. The zero-order valence-electron chi connectivity index (χ0n) is 35.8. The van der Waals surface area contributed by atoms with Crippen molar-refractivity contribution in [2.24, 2.45) is 0 Å². The summed E-state index contributed by atoms with van der Waals surface area (Å²) in [6, 6.07) is 11.9. The molecule has 4 aliphatic heterocycles. The van der Waals surface area contributed by atoms with E-state index in [0.29, 0.717) is 86.0 Å². The third kappa shape index (κ3) is 11.9. The number of phenolic OH excluding ortho intramolecular Hbond substituents is 1. The van der Waals surface area contributed by atoms with E-state index in [0.717, 1.165) is 16.9 Å². The Labute approximate surface area is 393 Å². The first kappa shape index (κ1) is 48.3. The molecule has 7 rings (SSSR count). The number of hydrogen-bond donors (Lipinski definition) is 9. The number of pyridine rings is 1. The zero-order valence-corrected chi connectivity index (χ0v) is 38.9. The Balaban J connectivity index is 1.03. The number of carbonyl (C=O) groups is 4. The molecular weight excluding hydrogens is 974 g/mol. The number of carbonyl (C=O) groups excluding carboxylic acids is 4. The number of aliphatic hydroxyl groups is 4. The van der Waals surface area contributed by atoms with Crippen molar-refractivity contribution < 1.29 is 49.4 Å². The number of piperidine rings is 1. The number of nitrogens with zero attached hydrogens (tertiary/aromatic N) is 5. The van der Waals surface area contributed by atoms with Crippen LogP contribution in [0.4, 0.5) is 21.0 Å². The fraction of sp³-hybridized carbons (Fsp3) is 0.523. The van der Waals surface area contributed by atoms with Crippen LogP contribution in [-0.2, 0) is 27.3 Å². The molecule has 2 aromatic carbocycles. The van der Waals surface area contributed by atoms with Gasteiger partial charge in [-0.1, -0.05) is 18.2 Å². The molecule has 21 heteroatoms. The van der Waals surface area contributed by atoms with Crippen LogP contribution >= 0.6 is 31.9 Å². The Hall–Kier alpha value is -4.61. The van der Waals surface area contributed by atoms with E-state index in [-0.39, 0.29) is 43.1 Å². The van der Waals surface area contributed by atoms with Gasteiger partial charge >= 0.3 is 12.1 Å². The van der Waals surface area contributed by atoms with Gasteiger partial charge in [0.15, 0.2) is 0 Å². The second-order valence-corrected chi connectivity index (χ2v) is 18.5. The smallest absolute Gasteiger partial charge is 0.322 e. The molecule has 5 heterocycles. The molecule has 0 radical (unpaired) electrons. The maximum Gasteiger partial charge on any atom is 0.322 e. The number of benzene rings is 2. The van der Waals surface area contributed by atoms with Gasteiger partial charge in [-0.15, -0.1) is 0 Å². The molecule has 19 nitrogen and oxygen atoms in total. The number of para-hydroxylation sites is 1. The van der Waals surface area contributed by atoms with Gasteiger partial charge in [-0.25, -0.2) is 9.59 Å². The van der Waals surface area contributed by atoms with Crippen LogP contribution in [0.5, 0.6) is 5.75 Å². The molecule has 0 unspecified atom stereocenters. The Morgan fingerprint density at radius 3 is 2.25 bits per heavy atom. The predicted molar refractivity (Wildman–Crippen MR) is 246 cm³/mol. The number of amides is 6. The van der Waals surface area contributed by atoms with E-state index >= 15 is 0 Å². The normalized spacial score (nSPS) is 23.6. The van der Waals surface area contributed by atoms with Crippen molar-refractivity contribution in [3.05, 3.63) is 81.0 Å². The predicted octanol–water partition coefficient (Wildman–Crippen LogP) is 1.84. The molecule has 0 saturated carbocycles. The number of aromatic hydroxyl groups is 1. The van der Waals surface area contributed by atoms with Gasteiger partial charge in [-0.2, -0.15) is 0 Å². The van der Waals surface area contributed by atoms with E-state index in [1.807, 2.05) is 36.4 Å². The van der Waals surface area contributed by atoms with Gasteiger partial charge in [0.05, 0.1) is 15.6 Å². The standard InChI is InChI=1S/C44H57Br2N9O10/c45-30-21-26(22-31(46)36(30)57)23-34(51-43(63)54-15-10-29(11-16-54)55-24-27-5-1-2-6-32(27)50-44(55)64)40(61)49-33(42(62)53-19-17-52(18-20-53)28-8-13-47-14-9-28)7-3-4-12-48-41-39(60)38(59)37(58)35(25-56)65-41/h1-2,5-6,8-9,13-14,21-22,29,33-35,37-39,41,48,56-60H,3-4,7,10-12,15-20,23-25H2,(H,49,61)(H,50,64)(H,51,63)/t33-,34+,35+,37-,38-,39+,41+/m0/s1. The summed E-state index contributed by atoms with van der Waals surface area (Å²) >= 11 is 6.73. The van der Waals surface area contributed by atoms with E-state index in [2.05, 4.69) is 63.0 Å². The molecule has 0 aliphatic carbocycles. The number of phenols is 1. The largest absolute Gasteiger partial charge is 0.506 e. The fourth-order valence-electron chi connectivity index (χ4n) is 8.80. The van der Waals surface area contributed by atoms with Crippen molar-refractivity contribution in [1.29, 1.82) is 0 Å². The Bertz CT molecular complexity index is 2100. The molecular formula is C44H57Br2N9O10. The molecule has 1 aromatic heterocycles. The Morgan fingerprint density at radius 2 is 1.55 bits per heavy atom. The van der Waals surface area contributed by atoms with Crippen molar-refractivity contribution in [3.63, 3.8) is 0 Å². The second kappa shape index (κ2) is 22.3. The lowest BCUT2D eigenvalue weighted by molar-refractivity contribution is -0.236. The van der Waals surface area contributed by atoms with Crippen LogP contribution in [0, 0.1) is 0 Å². The third-order valence-electron chi connectivity index (χ3n) is 12.6. The summed E-state index contributed by atoms with van der Waals surface area (Å²) in [4.78, 5) is 67.3. The van der Waals surface area contributed by atoms with Gasteiger partial charge in [-0.05, 0) is 112 Å². The van der Waals surface area contributed by atoms with Crippen molar-refractivity contribution in [2.45, 2.75) is 93.8 Å². The van der Waals surface area contributed by atoms with Gasteiger partial charge < -0.3 is 65.8 Å². The molecule has 65 heavy (non-hydrogen) atoms. The Kier molecular flexibility index (Phi) is 16.5. The number of aromatic nitrogens is 1. The van der Waals surface area contributed by atoms with E-state index < -0.39 is 61.3 Å². The van der Waals surface area contributed by atoms with E-state index in [1.54, 1.807) is 39.2 Å². The highest BCUT2D eigenvalue weighted by Crippen LogP contribution is 2.34. The number of anilines is 2. The van der Waals surface area contributed by atoms with E-state index in [9.17, 15) is 44.7 Å². The van der Waals surface area contributed by atoms with Crippen molar-refractivity contribution in [2.75, 3.05) is 62.6 Å². The monoisotopic (exact) mass is 1030 g/mol. The molecule has 3 aromatic rings.